The number of aromatic nitrogens is 3. The molecule has 18 heavy (non-hydrogen) atoms. The smallest absolute Gasteiger partial charge is 0.351 e. The number of methoxy groups -OCH3 is 2. The maximum Gasteiger partial charge on any atom is 0.351 e. The number of rotatable bonds is 3. The molecule has 0 spiro atoms. The molecule has 6 heteroatoms. The minimum absolute atomic E-state index is 0.0253. The molecule has 94 valence electrons. The first-order valence-electron chi connectivity index (χ1n) is 5.31. The summed E-state index contributed by atoms with van der Waals surface area (Å²) in [5, 5.41) is 0. The van der Waals surface area contributed by atoms with Crippen molar-refractivity contribution >= 4 is 0 Å². The zero-order chi connectivity index (χ0) is 13.1. The van der Waals surface area contributed by atoms with Crippen LogP contribution in [0.4, 0.5) is 0 Å². The number of hydrogen-bond acceptors (Lipinski definition) is 5. The van der Waals surface area contributed by atoms with Crippen LogP contribution in [0.15, 0.2) is 23.0 Å². The number of nitrogens with one attached hydrogen (secondary N) is 1. The van der Waals surface area contributed by atoms with Gasteiger partial charge < -0.3 is 9.47 Å². The zero-order valence-electron chi connectivity index (χ0n) is 10.4. The van der Waals surface area contributed by atoms with Crippen molar-refractivity contribution in [3.63, 3.8) is 0 Å². The Morgan fingerprint density at radius 3 is 2.61 bits per heavy atom. The number of nitrogens with zero attached hydrogens (tertiary/aromatic N) is 2. The van der Waals surface area contributed by atoms with Crippen LogP contribution in [0, 0.1) is 6.92 Å². The Morgan fingerprint density at radius 2 is 1.94 bits per heavy atom. The lowest BCUT2D eigenvalue weighted by atomic mass is 10.1. The molecule has 0 aliphatic carbocycles. The monoisotopic (exact) mass is 247 g/mol. The second-order valence-electron chi connectivity index (χ2n) is 3.69. The van der Waals surface area contributed by atoms with Crippen LogP contribution in [0.25, 0.3) is 11.4 Å². The van der Waals surface area contributed by atoms with Gasteiger partial charge in [0.05, 0.1) is 19.8 Å². The van der Waals surface area contributed by atoms with Gasteiger partial charge in [-0.2, -0.15) is 4.98 Å². The molecule has 0 radical (unpaired) electrons. The van der Waals surface area contributed by atoms with Gasteiger partial charge in [-0.1, -0.05) is 11.6 Å². The topological polar surface area (TPSA) is 77.1 Å². The summed E-state index contributed by atoms with van der Waals surface area (Å²) in [5.74, 6) is 0.990. The SMILES string of the molecule is COc1nc(-c2cc(C)ccc2OC)[nH]c(=O)n1. The summed E-state index contributed by atoms with van der Waals surface area (Å²) in [6.07, 6.45) is 0. The van der Waals surface area contributed by atoms with Crippen molar-refractivity contribution in [2.75, 3.05) is 14.2 Å². The van der Waals surface area contributed by atoms with Crippen LogP contribution in [-0.2, 0) is 0 Å². The van der Waals surface area contributed by atoms with E-state index in [1.807, 2.05) is 25.1 Å². The third-order valence-electron chi connectivity index (χ3n) is 2.42. The molecule has 0 fully saturated rings. The molecule has 1 aromatic heterocycles. The number of aryl methyl sites for hydroxylation is 1. The summed E-state index contributed by atoms with van der Waals surface area (Å²) in [6.45, 7) is 1.94. The molecule has 0 saturated carbocycles. The molecule has 1 heterocycles. The first-order valence-corrected chi connectivity index (χ1v) is 5.31. The lowest BCUT2D eigenvalue weighted by Crippen LogP contribution is -2.14. The molecule has 0 unspecified atom stereocenters. The van der Waals surface area contributed by atoms with E-state index in [0.29, 0.717) is 17.1 Å². The largest absolute Gasteiger partial charge is 0.496 e. The number of ether oxygens (including phenoxy) is 2. The highest BCUT2D eigenvalue weighted by atomic mass is 16.5. The highest BCUT2D eigenvalue weighted by Crippen LogP contribution is 2.28. The van der Waals surface area contributed by atoms with E-state index in [-0.39, 0.29) is 6.01 Å². The Bertz CT molecular complexity index is 622. The van der Waals surface area contributed by atoms with Gasteiger partial charge >= 0.3 is 11.7 Å². The van der Waals surface area contributed by atoms with Gasteiger partial charge in [-0.25, -0.2) is 4.79 Å². The molecule has 0 amide bonds. The van der Waals surface area contributed by atoms with Crippen molar-refractivity contribution in [3.8, 4) is 23.1 Å². The van der Waals surface area contributed by atoms with Crippen LogP contribution in [0.5, 0.6) is 11.8 Å². The van der Waals surface area contributed by atoms with Gasteiger partial charge in [-0.15, -0.1) is 4.98 Å². The van der Waals surface area contributed by atoms with Gasteiger partial charge in [0, 0.05) is 0 Å². The van der Waals surface area contributed by atoms with Gasteiger partial charge in [-0.05, 0) is 19.1 Å². The summed E-state index contributed by atoms with van der Waals surface area (Å²) in [6, 6.07) is 5.63. The average Bonchev–Trinajstić information content (AvgIpc) is 2.38. The average molecular weight is 247 g/mol. The molecule has 1 aromatic carbocycles. The van der Waals surface area contributed by atoms with E-state index < -0.39 is 5.69 Å². The molecule has 0 aliphatic heterocycles. The van der Waals surface area contributed by atoms with Crippen molar-refractivity contribution < 1.29 is 9.47 Å². The third kappa shape index (κ3) is 2.32. The molecule has 0 bridgehead atoms. The minimum atomic E-state index is -0.514. The van der Waals surface area contributed by atoms with Crippen molar-refractivity contribution in [3.05, 3.63) is 34.2 Å². The van der Waals surface area contributed by atoms with E-state index in [1.165, 1.54) is 7.11 Å². The fourth-order valence-corrected chi connectivity index (χ4v) is 1.59. The molecular weight excluding hydrogens is 234 g/mol. The van der Waals surface area contributed by atoms with E-state index in [0.717, 1.165) is 5.56 Å². The maximum atomic E-state index is 11.4. The number of aromatic amines is 1. The van der Waals surface area contributed by atoms with Crippen molar-refractivity contribution in [2.24, 2.45) is 0 Å². The molecule has 2 rings (SSSR count). The number of H-pyrrole nitrogens is 1. The highest BCUT2D eigenvalue weighted by Gasteiger charge is 2.11. The van der Waals surface area contributed by atoms with Crippen molar-refractivity contribution in [2.45, 2.75) is 6.92 Å². The highest BCUT2D eigenvalue weighted by molar-refractivity contribution is 5.65. The van der Waals surface area contributed by atoms with Gasteiger partial charge in [0.1, 0.15) is 5.75 Å². The van der Waals surface area contributed by atoms with E-state index >= 15 is 0 Å². The Kier molecular flexibility index (Phi) is 3.27. The second kappa shape index (κ2) is 4.87. The summed E-state index contributed by atoms with van der Waals surface area (Å²) in [4.78, 5) is 21.6. The van der Waals surface area contributed by atoms with E-state index in [2.05, 4.69) is 15.0 Å². The minimum Gasteiger partial charge on any atom is -0.496 e. The molecule has 2 aromatic rings. The van der Waals surface area contributed by atoms with Crippen LogP contribution in [0.3, 0.4) is 0 Å². The first-order chi connectivity index (χ1) is 8.63. The van der Waals surface area contributed by atoms with Crippen LogP contribution in [0.1, 0.15) is 5.56 Å². The predicted molar refractivity (Wildman–Crippen MR) is 65.9 cm³/mol. The zero-order valence-corrected chi connectivity index (χ0v) is 10.4. The fraction of sp³-hybridized carbons (Fsp3) is 0.250. The van der Waals surface area contributed by atoms with Crippen LogP contribution >= 0.6 is 0 Å². The molecule has 0 aliphatic rings. The normalized spacial score (nSPS) is 10.2. The summed E-state index contributed by atoms with van der Waals surface area (Å²) < 4.78 is 10.1. The molecule has 0 atom stereocenters. The van der Waals surface area contributed by atoms with Crippen LogP contribution in [0.2, 0.25) is 0 Å². The van der Waals surface area contributed by atoms with Gasteiger partial charge in [0.2, 0.25) is 0 Å². The van der Waals surface area contributed by atoms with Crippen LogP contribution < -0.4 is 15.2 Å². The van der Waals surface area contributed by atoms with Gasteiger partial charge in [0.25, 0.3) is 0 Å². The molecule has 0 saturated heterocycles. The molecular formula is C12H13N3O3. The van der Waals surface area contributed by atoms with Gasteiger partial charge in [0.15, 0.2) is 5.82 Å². The lowest BCUT2D eigenvalue weighted by molar-refractivity contribution is 0.376. The fourth-order valence-electron chi connectivity index (χ4n) is 1.59. The van der Waals surface area contributed by atoms with Crippen LogP contribution in [-0.4, -0.2) is 29.2 Å². The number of hydrogen-bond donors (Lipinski definition) is 1. The summed E-state index contributed by atoms with van der Waals surface area (Å²) >= 11 is 0. The molecule has 1 N–H and O–H groups in total. The Balaban J connectivity index is 2.64. The summed E-state index contributed by atoms with van der Waals surface area (Å²) in [5.41, 5.74) is 1.21. The van der Waals surface area contributed by atoms with E-state index in [9.17, 15) is 4.79 Å². The third-order valence-corrected chi connectivity index (χ3v) is 2.42. The van der Waals surface area contributed by atoms with E-state index in [1.54, 1.807) is 7.11 Å². The number of benzene rings is 1. The van der Waals surface area contributed by atoms with Crippen molar-refractivity contribution in [1.29, 1.82) is 0 Å². The van der Waals surface area contributed by atoms with E-state index in [4.69, 9.17) is 9.47 Å². The Labute approximate surface area is 104 Å². The quantitative estimate of drug-likeness (QED) is 0.880. The lowest BCUT2D eigenvalue weighted by Gasteiger charge is -2.08. The predicted octanol–water partition coefficient (Wildman–Crippen LogP) is 1.16. The second-order valence-corrected chi connectivity index (χ2v) is 3.69. The summed E-state index contributed by atoms with van der Waals surface area (Å²) in [7, 11) is 2.97. The van der Waals surface area contributed by atoms with Crippen molar-refractivity contribution in [1.82, 2.24) is 15.0 Å². The first kappa shape index (κ1) is 12.1. The standard InChI is InChI=1S/C12H13N3O3/c1-7-4-5-9(17-2)8(6-7)10-13-11(16)15-12(14-10)18-3/h4-6H,1-3H3,(H,13,14,15,16). The molecule has 6 nitrogen and oxygen atoms in total. The maximum absolute atomic E-state index is 11.4. The Morgan fingerprint density at radius 1 is 1.17 bits per heavy atom. The van der Waals surface area contributed by atoms with Gasteiger partial charge in [-0.3, -0.25) is 4.98 Å². The Hall–Kier alpha value is -2.37.